The third kappa shape index (κ3) is 5.22. The number of rotatable bonds is 2. The van der Waals surface area contributed by atoms with Crippen molar-refractivity contribution in [3.8, 4) is 5.75 Å². The van der Waals surface area contributed by atoms with E-state index in [2.05, 4.69) is 68.4 Å². The lowest BCUT2D eigenvalue weighted by atomic mass is 9.79. The molecule has 0 saturated carbocycles. The molecule has 0 fully saturated rings. The highest BCUT2D eigenvalue weighted by Gasteiger charge is 2.24. The lowest BCUT2D eigenvalue weighted by Gasteiger charge is -2.26. The topological polar surface area (TPSA) is 26.3 Å². The molecule has 0 heterocycles. The number of carbonyl (C=O) groups is 1. The van der Waals surface area contributed by atoms with Crippen LogP contribution in [0.15, 0.2) is 42.5 Å². The Kier molecular flexibility index (Phi) is 5.61. The number of carbonyl (C=O) groups excluding carboxylic acids is 1. The van der Waals surface area contributed by atoms with E-state index in [0.717, 1.165) is 16.7 Å². The Morgan fingerprint density at radius 2 is 1.19 bits per heavy atom. The zero-order valence-corrected chi connectivity index (χ0v) is 18.4. The molecule has 0 aromatic heterocycles. The van der Waals surface area contributed by atoms with Crippen LogP contribution in [0.1, 0.15) is 89.4 Å². The van der Waals surface area contributed by atoms with Crippen molar-refractivity contribution in [2.45, 2.75) is 78.6 Å². The fraction of sp³-hybridized carbons (Fsp3) is 0.480. The molecule has 0 atom stereocenters. The van der Waals surface area contributed by atoms with Gasteiger partial charge in [-0.25, -0.2) is 4.79 Å². The van der Waals surface area contributed by atoms with Crippen molar-refractivity contribution in [2.24, 2.45) is 0 Å². The molecule has 2 rings (SSSR count). The van der Waals surface area contributed by atoms with Crippen LogP contribution in [0.5, 0.6) is 5.75 Å². The van der Waals surface area contributed by atoms with E-state index < -0.39 is 0 Å². The largest absolute Gasteiger partial charge is 0.423 e. The Balaban J connectivity index is 2.49. The summed E-state index contributed by atoms with van der Waals surface area (Å²) in [6.07, 6.45) is 0. The molecule has 0 aliphatic carbocycles. The number of esters is 1. The maximum absolute atomic E-state index is 13.0. The zero-order valence-electron chi connectivity index (χ0n) is 18.4. The molecule has 0 N–H and O–H groups in total. The van der Waals surface area contributed by atoms with Gasteiger partial charge in [0.2, 0.25) is 0 Å². The first kappa shape index (κ1) is 21.2. The Morgan fingerprint density at radius 1 is 0.704 bits per heavy atom. The van der Waals surface area contributed by atoms with Crippen LogP contribution in [0.4, 0.5) is 0 Å². The Labute approximate surface area is 165 Å². The number of benzene rings is 2. The Hall–Kier alpha value is -2.09. The van der Waals surface area contributed by atoms with E-state index in [4.69, 9.17) is 4.74 Å². The third-order valence-electron chi connectivity index (χ3n) is 4.80. The molecular formula is C25H34O2. The van der Waals surface area contributed by atoms with Gasteiger partial charge in [0.25, 0.3) is 0 Å². The summed E-state index contributed by atoms with van der Waals surface area (Å²) in [6.45, 7) is 19.4. The van der Waals surface area contributed by atoms with Crippen molar-refractivity contribution in [3.05, 3.63) is 64.7 Å². The number of hydrogen-bond acceptors (Lipinski definition) is 2. The van der Waals surface area contributed by atoms with E-state index in [0.29, 0.717) is 11.3 Å². The Bertz CT molecular complexity index is 792. The molecule has 146 valence electrons. The van der Waals surface area contributed by atoms with Gasteiger partial charge in [0.1, 0.15) is 5.75 Å². The van der Waals surface area contributed by atoms with Crippen LogP contribution in [0, 0.1) is 0 Å². The zero-order chi connectivity index (χ0) is 20.6. The highest BCUT2D eigenvalue weighted by molar-refractivity contribution is 5.92. The normalized spacial score (nSPS) is 12.8. The fourth-order valence-electron chi connectivity index (χ4n) is 2.95. The van der Waals surface area contributed by atoms with Crippen molar-refractivity contribution < 1.29 is 9.53 Å². The molecule has 2 heteroatoms. The van der Waals surface area contributed by atoms with Crippen molar-refractivity contribution in [2.75, 3.05) is 0 Å². The predicted octanol–water partition coefficient (Wildman–Crippen LogP) is 6.80. The first-order valence-electron chi connectivity index (χ1n) is 9.67. The van der Waals surface area contributed by atoms with Crippen LogP contribution >= 0.6 is 0 Å². The molecule has 2 nitrogen and oxygen atoms in total. The van der Waals surface area contributed by atoms with Crippen LogP contribution in [-0.2, 0) is 16.2 Å². The van der Waals surface area contributed by atoms with E-state index in [-0.39, 0.29) is 22.2 Å². The van der Waals surface area contributed by atoms with Crippen molar-refractivity contribution in [1.82, 2.24) is 0 Å². The summed E-state index contributed by atoms with van der Waals surface area (Å²) in [5, 5.41) is 0. The number of hydrogen-bond donors (Lipinski definition) is 0. The van der Waals surface area contributed by atoms with Crippen molar-refractivity contribution in [3.63, 3.8) is 0 Å². The summed E-state index contributed by atoms with van der Waals surface area (Å²) < 4.78 is 5.85. The van der Waals surface area contributed by atoms with E-state index in [9.17, 15) is 4.79 Å². The van der Waals surface area contributed by atoms with Gasteiger partial charge in [-0.15, -0.1) is 0 Å². The minimum absolute atomic E-state index is 0.0421. The molecule has 2 aromatic carbocycles. The van der Waals surface area contributed by atoms with Crippen LogP contribution in [0.25, 0.3) is 0 Å². The van der Waals surface area contributed by atoms with Gasteiger partial charge in [0, 0.05) is 5.56 Å². The Morgan fingerprint density at radius 3 is 1.63 bits per heavy atom. The second-order valence-corrected chi connectivity index (χ2v) is 10.4. The minimum atomic E-state index is -0.303. The third-order valence-corrected chi connectivity index (χ3v) is 4.80. The molecule has 0 saturated heterocycles. The van der Waals surface area contributed by atoms with Gasteiger partial charge in [0.05, 0.1) is 5.56 Å². The maximum Gasteiger partial charge on any atom is 0.343 e. The van der Waals surface area contributed by atoms with E-state index in [1.807, 2.05) is 36.4 Å². The van der Waals surface area contributed by atoms with Gasteiger partial charge < -0.3 is 4.74 Å². The van der Waals surface area contributed by atoms with Crippen molar-refractivity contribution >= 4 is 5.97 Å². The molecule has 0 radical (unpaired) electrons. The maximum atomic E-state index is 13.0. The van der Waals surface area contributed by atoms with Gasteiger partial charge in [0.15, 0.2) is 0 Å². The molecule has 2 aromatic rings. The minimum Gasteiger partial charge on any atom is -0.423 e. The van der Waals surface area contributed by atoms with E-state index >= 15 is 0 Å². The molecular weight excluding hydrogens is 332 g/mol. The summed E-state index contributed by atoms with van der Waals surface area (Å²) in [6, 6.07) is 13.9. The quantitative estimate of drug-likeness (QED) is 0.431. The summed E-state index contributed by atoms with van der Waals surface area (Å²) in [5.41, 5.74) is 3.74. The van der Waals surface area contributed by atoms with Crippen LogP contribution in [0.3, 0.4) is 0 Å². The van der Waals surface area contributed by atoms with Crippen LogP contribution in [-0.4, -0.2) is 5.97 Å². The first-order chi connectivity index (χ1) is 12.2. The number of para-hydroxylation sites is 1. The molecule has 0 aliphatic heterocycles. The van der Waals surface area contributed by atoms with Gasteiger partial charge in [-0.05, 0) is 45.6 Å². The second-order valence-electron chi connectivity index (χ2n) is 10.4. The number of ether oxygens (including phenoxy) is 1. The summed E-state index contributed by atoms with van der Waals surface area (Å²) in [5.74, 6) is 0.330. The lowest BCUT2D eigenvalue weighted by molar-refractivity contribution is 0.0731. The summed E-state index contributed by atoms with van der Waals surface area (Å²) in [7, 11) is 0. The van der Waals surface area contributed by atoms with Gasteiger partial charge in [-0.1, -0.05) is 86.6 Å². The average molecular weight is 367 g/mol. The average Bonchev–Trinajstić information content (AvgIpc) is 2.52. The SMILES string of the molecule is CC(C)(C)c1cc(C(=O)Oc2ccccc2C(C)(C)C)cc(C(C)(C)C)c1. The highest BCUT2D eigenvalue weighted by atomic mass is 16.5. The standard InChI is InChI=1S/C25H34O2/c1-23(2,3)18-14-17(15-19(16-18)24(4,5)6)22(26)27-21-13-11-10-12-20(21)25(7,8)9/h10-16H,1-9H3. The molecule has 0 bridgehead atoms. The molecule has 0 aliphatic rings. The smallest absolute Gasteiger partial charge is 0.343 e. The van der Waals surface area contributed by atoms with E-state index in [1.165, 1.54) is 0 Å². The highest BCUT2D eigenvalue weighted by Crippen LogP contribution is 2.33. The monoisotopic (exact) mass is 366 g/mol. The predicted molar refractivity (Wildman–Crippen MR) is 114 cm³/mol. The first-order valence-corrected chi connectivity index (χ1v) is 9.67. The van der Waals surface area contributed by atoms with Gasteiger partial charge >= 0.3 is 5.97 Å². The van der Waals surface area contributed by atoms with E-state index in [1.54, 1.807) is 0 Å². The van der Waals surface area contributed by atoms with Crippen molar-refractivity contribution in [1.29, 1.82) is 0 Å². The van der Waals surface area contributed by atoms with Gasteiger partial charge in [-0.3, -0.25) is 0 Å². The molecule has 0 spiro atoms. The summed E-state index contributed by atoms with van der Waals surface area (Å²) in [4.78, 5) is 13.0. The van der Waals surface area contributed by atoms with Crippen LogP contribution < -0.4 is 4.74 Å². The second kappa shape index (κ2) is 7.14. The fourth-order valence-corrected chi connectivity index (χ4v) is 2.95. The molecule has 27 heavy (non-hydrogen) atoms. The van der Waals surface area contributed by atoms with Gasteiger partial charge in [-0.2, -0.15) is 0 Å². The van der Waals surface area contributed by atoms with Crippen LogP contribution in [0.2, 0.25) is 0 Å². The summed E-state index contributed by atoms with van der Waals surface area (Å²) >= 11 is 0. The lowest BCUT2D eigenvalue weighted by Crippen LogP contribution is -2.20. The molecule has 0 amide bonds. The molecule has 0 unspecified atom stereocenters.